The average molecular weight is 933 g/mol. The van der Waals surface area contributed by atoms with Crippen LogP contribution in [0.4, 0.5) is 0 Å². The highest BCUT2D eigenvalue weighted by atomic mass is 28.4. The van der Waals surface area contributed by atoms with Gasteiger partial charge in [-0.05, 0) is 148 Å². The Morgan fingerprint density at radius 2 is 1.16 bits per heavy atom. The van der Waals surface area contributed by atoms with E-state index in [-0.39, 0.29) is 56.1 Å². The fourth-order valence-electron chi connectivity index (χ4n) is 6.78. The first kappa shape index (κ1) is 59.0. The first-order valence-electron chi connectivity index (χ1n) is 24.1. The molecule has 0 aliphatic heterocycles. The van der Waals surface area contributed by atoms with Gasteiger partial charge in [-0.1, -0.05) is 128 Å². The number of pyridine rings is 1. The minimum Gasteiger partial charge on any atom is -0.417 e. The van der Waals surface area contributed by atoms with Crippen LogP contribution < -0.4 is 0 Å². The molecule has 1 heterocycles. The molecule has 1 aromatic heterocycles. The lowest BCUT2D eigenvalue weighted by Crippen LogP contribution is -2.54. The van der Waals surface area contributed by atoms with Crippen LogP contribution in [0.15, 0.2) is 41.6 Å². The molecule has 0 aliphatic rings. The maximum Gasteiger partial charge on any atom is 0.192 e. The van der Waals surface area contributed by atoms with E-state index in [9.17, 15) is 0 Å². The molecule has 1 aromatic rings. The number of allylic oxidation sites excluding steroid dienone is 1. The zero-order valence-electron chi connectivity index (χ0n) is 45.6. The van der Waals surface area contributed by atoms with Crippen LogP contribution in [0.2, 0.25) is 72.5 Å². The SMILES string of the molecule is CC(=CC[C@H](O[Si](C)(C)C(C)(C)C)C(C)=Cc1ccccn1)CCC[C@H](C)[C@H](O[Si](C)(C)C(C)(C)C)[C@@H](C)C(=O)C(C)(C)[C@H](CCO[Si](C)(C)C(C)(C)C)O[Si](C)(C)C(C)(C)C. The lowest BCUT2D eigenvalue weighted by atomic mass is 9.73. The number of rotatable bonds is 23. The highest BCUT2D eigenvalue weighted by molar-refractivity contribution is 6.75. The summed E-state index contributed by atoms with van der Waals surface area (Å²) < 4.78 is 28.4. The summed E-state index contributed by atoms with van der Waals surface area (Å²) in [7, 11) is -8.47. The van der Waals surface area contributed by atoms with E-state index in [1.807, 2.05) is 18.3 Å². The number of ketones is 1. The number of carbonyl (C=O) groups excluding carboxylic acids is 1. The number of aromatic nitrogens is 1. The molecule has 0 spiro atoms. The highest BCUT2D eigenvalue weighted by Gasteiger charge is 2.50. The Morgan fingerprint density at radius 1 is 0.677 bits per heavy atom. The molecule has 0 saturated heterocycles. The molecule has 6 nitrogen and oxygen atoms in total. The second kappa shape index (κ2) is 22.2. The molecule has 0 saturated carbocycles. The van der Waals surface area contributed by atoms with Crippen LogP contribution in [0.3, 0.4) is 0 Å². The molecule has 360 valence electrons. The van der Waals surface area contributed by atoms with Gasteiger partial charge in [0.05, 0.1) is 24.0 Å². The van der Waals surface area contributed by atoms with Crippen molar-refractivity contribution < 1.29 is 22.5 Å². The Labute approximate surface area is 389 Å². The fraction of sp³-hybridized carbons (Fsp3) is 0.808. The molecule has 1 rings (SSSR count). The van der Waals surface area contributed by atoms with Gasteiger partial charge >= 0.3 is 0 Å². The van der Waals surface area contributed by atoms with E-state index in [1.54, 1.807) is 0 Å². The Balaban J connectivity index is 3.47. The molecule has 0 unspecified atom stereocenters. The van der Waals surface area contributed by atoms with Crippen molar-refractivity contribution in [1.29, 1.82) is 0 Å². The lowest BCUT2D eigenvalue weighted by Gasteiger charge is -2.47. The fourth-order valence-corrected chi connectivity index (χ4v) is 12.1. The molecule has 5 atom stereocenters. The van der Waals surface area contributed by atoms with Gasteiger partial charge < -0.3 is 17.7 Å². The van der Waals surface area contributed by atoms with Crippen molar-refractivity contribution in [1.82, 2.24) is 4.98 Å². The van der Waals surface area contributed by atoms with E-state index >= 15 is 4.79 Å². The quantitative estimate of drug-likeness (QED) is 0.0804. The molecule has 10 heteroatoms. The number of Topliss-reactive ketones (excluding diaryl/α,β-unsaturated/α-hetero) is 1. The van der Waals surface area contributed by atoms with Gasteiger partial charge in [0, 0.05) is 24.1 Å². The van der Waals surface area contributed by atoms with Crippen LogP contribution in [0.1, 0.15) is 162 Å². The lowest BCUT2D eigenvalue weighted by molar-refractivity contribution is -0.141. The van der Waals surface area contributed by atoms with Gasteiger partial charge in [0.1, 0.15) is 5.78 Å². The standard InChI is InChI=1S/C52H101NO5Si4/c1-39(33-34-44(56-60(21,22)49(8,9)10)41(3)38-43-32-27-28-36-53-43)30-29-31-40(2)46(58-62(25,26)51(14,15)16)42(4)47(54)52(17,18)45(57-61(23,24)50(11,12)13)35-37-55-59(19,20)48(5,6)7/h27-28,32-33,36,38,40,42,44-46H,29-31,34-35,37H2,1-26H3/t40-,42+,44-,45-,46-/m0/s1. The minimum absolute atomic E-state index is 0.00702. The van der Waals surface area contributed by atoms with Crippen molar-refractivity contribution in [3.8, 4) is 0 Å². The van der Waals surface area contributed by atoms with Crippen LogP contribution in [0.5, 0.6) is 0 Å². The van der Waals surface area contributed by atoms with Gasteiger partial charge in [0.25, 0.3) is 0 Å². The predicted octanol–water partition coefficient (Wildman–Crippen LogP) is 16.4. The maximum absolute atomic E-state index is 15.2. The van der Waals surface area contributed by atoms with E-state index in [4.69, 9.17) is 17.7 Å². The van der Waals surface area contributed by atoms with E-state index in [1.165, 1.54) is 11.1 Å². The van der Waals surface area contributed by atoms with E-state index in [2.05, 4.69) is 200 Å². The predicted molar refractivity (Wildman–Crippen MR) is 281 cm³/mol. The Morgan fingerprint density at radius 3 is 1.63 bits per heavy atom. The summed E-state index contributed by atoms with van der Waals surface area (Å²) in [5.74, 6) is 0.147. The van der Waals surface area contributed by atoms with Crippen molar-refractivity contribution in [2.24, 2.45) is 17.3 Å². The summed E-state index contributed by atoms with van der Waals surface area (Å²) in [4.78, 5) is 19.8. The van der Waals surface area contributed by atoms with Gasteiger partial charge in [-0.2, -0.15) is 0 Å². The topological polar surface area (TPSA) is 66.9 Å². The third kappa shape index (κ3) is 17.0. The molecule has 0 amide bonds. The van der Waals surface area contributed by atoms with Gasteiger partial charge in [0.2, 0.25) is 0 Å². The minimum atomic E-state index is -2.23. The van der Waals surface area contributed by atoms with Gasteiger partial charge in [0.15, 0.2) is 33.3 Å². The van der Waals surface area contributed by atoms with Crippen LogP contribution in [0, 0.1) is 17.3 Å². The van der Waals surface area contributed by atoms with Gasteiger partial charge in [-0.15, -0.1) is 0 Å². The molecule has 0 N–H and O–H groups in total. The molecule has 0 aromatic carbocycles. The van der Waals surface area contributed by atoms with Crippen LogP contribution in [0.25, 0.3) is 6.08 Å². The summed E-state index contributed by atoms with van der Waals surface area (Å²) in [6.07, 6.45) is 10.5. The van der Waals surface area contributed by atoms with E-state index < -0.39 is 38.7 Å². The normalized spacial score (nSPS) is 17.5. The molecule has 62 heavy (non-hydrogen) atoms. The average Bonchev–Trinajstić information content (AvgIpc) is 3.09. The summed E-state index contributed by atoms with van der Waals surface area (Å²) in [5, 5.41) is 0.253. The number of nitrogens with zero attached hydrogens (tertiary/aromatic N) is 1. The second-order valence-corrected chi connectivity index (χ2v) is 44.7. The van der Waals surface area contributed by atoms with Gasteiger partial charge in [-0.3, -0.25) is 9.78 Å². The molecular formula is C52H101NO5Si4. The molecule has 0 fully saturated rings. The zero-order valence-corrected chi connectivity index (χ0v) is 49.6. The van der Waals surface area contributed by atoms with E-state index in [0.29, 0.717) is 13.0 Å². The van der Waals surface area contributed by atoms with Crippen LogP contribution in [-0.2, 0) is 22.5 Å². The molecule has 0 aliphatic carbocycles. The maximum atomic E-state index is 15.2. The van der Waals surface area contributed by atoms with Crippen molar-refractivity contribution in [3.05, 3.63) is 47.3 Å². The summed E-state index contributed by atoms with van der Waals surface area (Å²) >= 11 is 0. The summed E-state index contributed by atoms with van der Waals surface area (Å²) in [5.41, 5.74) is 2.82. The smallest absolute Gasteiger partial charge is 0.192 e. The monoisotopic (exact) mass is 932 g/mol. The number of carbonyl (C=O) groups is 1. The van der Waals surface area contributed by atoms with Crippen molar-refractivity contribution >= 4 is 45.1 Å². The zero-order chi connectivity index (χ0) is 48.7. The van der Waals surface area contributed by atoms with Crippen LogP contribution >= 0.6 is 0 Å². The Hall–Kier alpha value is -0.992. The largest absolute Gasteiger partial charge is 0.417 e. The number of hydrogen-bond donors (Lipinski definition) is 0. The molecule has 0 radical (unpaired) electrons. The van der Waals surface area contributed by atoms with Crippen molar-refractivity contribution in [2.45, 2.75) is 248 Å². The summed E-state index contributed by atoms with van der Waals surface area (Å²) in [6, 6.07) is 6.05. The molecule has 0 bridgehead atoms. The van der Waals surface area contributed by atoms with Crippen LogP contribution in [-0.4, -0.2) is 69.0 Å². The summed E-state index contributed by atoms with van der Waals surface area (Å²) in [6.45, 7) is 59.9. The van der Waals surface area contributed by atoms with Gasteiger partial charge in [-0.25, -0.2) is 0 Å². The highest BCUT2D eigenvalue weighted by Crippen LogP contribution is 2.45. The first-order chi connectivity index (χ1) is 27.6. The van der Waals surface area contributed by atoms with Crippen molar-refractivity contribution in [3.63, 3.8) is 0 Å². The Kier molecular flexibility index (Phi) is 21.1. The van der Waals surface area contributed by atoms with Crippen molar-refractivity contribution in [2.75, 3.05) is 6.61 Å². The third-order valence-electron chi connectivity index (χ3n) is 15.8. The molecular weight excluding hydrogens is 831 g/mol. The number of hydrogen-bond acceptors (Lipinski definition) is 6. The first-order valence-corrected chi connectivity index (χ1v) is 35.7. The third-order valence-corrected chi connectivity index (χ3v) is 33.7. The Bertz CT molecular complexity index is 1600. The second-order valence-electron chi connectivity index (χ2n) is 25.6. The van der Waals surface area contributed by atoms with E-state index in [0.717, 1.165) is 31.4 Å².